The first kappa shape index (κ1) is 54.9. The number of phosphoric ester groups is 1. The second kappa shape index (κ2) is 40.6. The molecule has 0 aromatic carbocycles. The lowest BCUT2D eigenvalue weighted by Gasteiger charge is -2.20. The number of unbranched alkanes of at least 4 members (excludes halogenated alkanes) is 8. The summed E-state index contributed by atoms with van der Waals surface area (Å²) in [7, 11) is -4.65. The van der Waals surface area contributed by atoms with Crippen LogP contribution in [0.25, 0.3) is 0 Å². The van der Waals surface area contributed by atoms with Crippen LogP contribution in [0.2, 0.25) is 0 Å². The van der Waals surface area contributed by atoms with Gasteiger partial charge in [-0.15, -0.1) is 0 Å². The lowest BCUT2D eigenvalue weighted by Crippen LogP contribution is -2.29. The van der Waals surface area contributed by atoms with E-state index in [2.05, 4.69) is 60.1 Å². The zero-order valence-corrected chi connectivity index (χ0v) is 36.2. The molecule has 4 N–H and O–H groups in total. The number of ether oxygens (including phenoxy) is 2. The van der Waals surface area contributed by atoms with Crippen LogP contribution in [0.15, 0.2) is 97.2 Å². The second-order valence-electron chi connectivity index (χ2n) is 13.8. The predicted molar refractivity (Wildman–Crippen MR) is 234 cm³/mol. The van der Waals surface area contributed by atoms with Gasteiger partial charge in [-0.25, -0.2) is 4.57 Å². The minimum Gasteiger partial charge on any atom is -0.462 e. The summed E-state index contributed by atoms with van der Waals surface area (Å²) in [5.41, 5.74) is 0. The second-order valence-corrected chi connectivity index (χ2v) is 15.3. The maximum Gasteiger partial charge on any atom is 0.472 e. The lowest BCUT2D eigenvalue weighted by atomic mass is 10.1. The quantitative estimate of drug-likeness (QED) is 0.0154. The van der Waals surface area contributed by atoms with Crippen LogP contribution in [0, 0.1) is 0 Å². The smallest absolute Gasteiger partial charge is 0.462 e. The van der Waals surface area contributed by atoms with Gasteiger partial charge in [0.05, 0.1) is 25.9 Å². The van der Waals surface area contributed by atoms with Gasteiger partial charge in [0.15, 0.2) is 6.10 Å². The molecule has 0 rings (SSSR count). The minimum absolute atomic E-state index is 0.132. The van der Waals surface area contributed by atoms with Gasteiger partial charge in [0, 0.05) is 12.8 Å². The minimum atomic E-state index is -4.65. The number of hydrogen-bond acceptors (Lipinski definition) is 10. The molecule has 58 heavy (non-hydrogen) atoms. The van der Waals surface area contributed by atoms with Crippen molar-refractivity contribution in [1.82, 2.24) is 0 Å². The van der Waals surface area contributed by atoms with Gasteiger partial charge >= 0.3 is 19.8 Å². The Labute approximate surface area is 349 Å². The van der Waals surface area contributed by atoms with Gasteiger partial charge in [0.2, 0.25) is 0 Å². The molecule has 330 valence electrons. The summed E-state index contributed by atoms with van der Waals surface area (Å²) >= 11 is 0. The summed E-state index contributed by atoms with van der Waals surface area (Å²) in [4.78, 5) is 35.0. The molecule has 11 nitrogen and oxygen atoms in total. The fourth-order valence-corrected chi connectivity index (χ4v) is 5.78. The fraction of sp³-hybridized carbons (Fsp3) is 0.609. The molecule has 0 aliphatic carbocycles. The van der Waals surface area contributed by atoms with Crippen LogP contribution < -0.4 is 0 Å². The van der Waals surface area contributed by atoms with Crippen LogP contribution in [0.3, 0.4) is 0 Å². The van der Waals surface area contributed by atoms with Crippen LogP contribution >= 0.6 is 7.82 Å². The van der Waals surface area contributed by atoms with Crippen molar-refractivity contribution in [2.45, 2.75) is 154 Å². The Hall–Kier alpha value is -3.15. The van der Waals surface area contributed by atoms with Crippen molar-refractivity contribution in [2.24, 2.45) is 0 Å². The summed E-state index contributed by atoms with van der Waals surface area (Å²) in [5.74, 6) is -1.05. The molecule has 0 saturated carbocycles. The van der Waals surface area contributed by atoms with E-state index < -0.39 is 57.9 Å². The normalized spacial score (nSPS) is 15.3. The Bertz CT molecular complexity index is 1300. The van der Waals surface area contributed by atoms with E-state index in [0.29, 0.717) is 25.7 Å². The van der Waals surface area contributed by atoms with E-state index >= 15 is 0 Å². The predicted octanol–water partition coefficient (Wildman–Crippen LogP) is 10.2. The third-order valence-electron chi connectivity index (χ3n) is 8.30. The standard InChI is InChI=1S/C46H75O11P/c1-3-5-7-8-9-10-11-12-13-14-15-16-21-24-27-30-33-37-46(51)57-44(41-56-58(52,53)55-39-43(49)38-47)40-54-45(50)36-32-29-26-23-20-18-17-19-22-25-28-31-35-42(48)34-6-4-2/h6,9-10,12-13,15-18,22-23,25-26,28,31,34,42-44,47-49H,3-5,7-8,11,14,19-21,24,27,29-30,32-33,35-41H2,1-2H3,(H,52,53)/b10-9-,13-12-,16-15-,18-17-,25-22-,26-23-,31-28+,34-6-/t42?,43-,44+/m0/s1. The van der Waals surface area contributed by atoms with Crippen molar-refractivity contribution in [3.05, 3.63) is 97.2 Å². The number of hydrogen-bond donors (Lipinski definition) is 4. The largest absolute Gasteiger partial charge is 0.472 e. The third-order valence-corrected chi connectivity index (χ3v) is 9.25. The van der Waals surface area contributed by atoms with Crippen LogP contribution in [0.1, 0.15) is 136 Å². The number of esters is 2. The van der Waals surface area contributed by atoms with Crippen molar-refractivity contribution >= 4 is 19.8 Å². The number of carbonyl (C=O) groups excluding carboxylic acids is 2. The maximum atomic E-state index is 12.6. The zero-order chi connectivity index (χ0) is 42.8. The molecule has 0 radical (unpaired) electrons. The van der Waals surface area contributed by atoms with Gasteiger partial charge in [-0.1, -0.05) is 137 Å². The van der Waals surface area contributed by atoms with E-state index in [9.17, 15) is 29.3 Å². The highest BCUT2D eigenvalue weighted by molar-refractivity contribution is 7.47. The van der Waals surface area contributed by atoms with E-state index in [0.717, 1.165) is 64.2 Å². The molecule has 0 amide bonds. The molecule has 0 spiro atoms. The van der Waals surface area contributed by atoms with Crippen molar-refractivity contribution in [3.63, 3.8) is 0 Å². The summed E-state index contributed by atoms with van der Waals surface area (Å²) < 4.78 is 32.6. The topological polar surface area (TPSA) is 169 Å². The molecule has 0 aliphatic heterocycles. The average molecular weight is 835 g/mol. The van der Waals surface area contributed by atoms with Crippen LogP contribution in [0.4, 0.5) is 0 Å². The fourth-order valence-electron chi connectivity index (χ4n) is 4.99. The Morgan fingerprint density at radius 1 is 0.603 bits per heavy atom. The van der Waals surface area contributed by atoms with E-state index in [-0.39, 0.29) is 19.4 Å². The van der Waals surface area contributed by atoms with Gasteiger partial charge in [-0.05, 0) is 83.5 Å². The first-order chi connectivity index (χ1) is 28.1. The third kappa shape index (κ3) is 39.7. The molecular weight excluding hydrogens is 759 g/mol. The number of rotatable bonds is 38. The monoisotopic (exact) mass is 835 g/mol. The highest BCUT2D eigenvalue weighted by atomic mass is 31.2. The van der Waals surface area contributed by atoms with Crippen molar-refractivity contribution in [2.75, 3.05) is 26.4 Å². The molecule has 4 atom stereocenters. The SMILES string of the molecule is CC/C=C\C(O)C/C=C/C=C\C/C=C\C/C=C\CCCC(=O)OC[C@H](COP(=O)(O)OC[C@@H](O)CO)OC(=O)CCCCCC/C=C\C/C=C\C/C=C\CCCCC. The van der Waals surface area contributed by atoms with Crippen molar-refractivity contribution in [1.29, 1.82) is 0 Å². The Kier molecular flexibility index (Phi) is 38.4. The first-order valence-electron chi connectivity index (χ1n) is 21.3. The van der Waals surface area contributed by atoms with Gasteiger partial charge in [0.25, 0.3) is 0 Å². The Morgan fingerprint density at radius 2 is 1.14 bits per heavy atom. The molecular formula is C46H75O11P. The molecule has 12 heteroatoms. The molecule has 0 bridgehead atoms. The van der Waals surface area contributed by atoms with E-state index in [1.807, 2.05) is 49.5 Å². The Morgan fingerprint density at radius 3 is 1.76 bits per heavy atom. The van der Waals surface area contributed by atoms with E-state index in [1.54, 1.807) is 6.08 Å². The van der Waals surface area contributed by atoms with Crippen molar-refractivity contribution < 1.29 is 52.9 Å². The summed E-state index contributed by atoms with van der Waals surface area (Å²) in [6.07, 6.45) is 45.7. The maximum absolute atomic E-state index is 12.6. The molecule has 2 unspecified atom stereocenters. The van der Waals surface area contributed by atoms with E-state index in [1.165, 1.54) is 19.3 Å². The molecule has 0 aromatic heterocycles. The highest BCUT2D eigenvalue weighted by Gasteiger charge is 2.27. The average Bonchev–Trinajstić information content (AvgIpc) is 3.21. The van der Waals surface area contributed by atoms with Gasteiger partial charge in [-0.3, -0.25) is 18.6 Å². The van der Waals surface area contributed by atoms with Crippen LogP contribution in [-0.4, -0.2) is 76.9 Å². The van der Waals surface area contributed by atoms with Crippen molar-refractivity contribution in [3.8, 4) is 0 Å². The molecule has 0 fully saturated rings. The zero-order valence-electron chi connectivity index (χ0n) is 35.3. The van der Waals surface area contributed by atoms with Crippen LogP contribution in [-0.2, 0) is 32.7 Å². The number of allylic oxidation sites excluding steroid dienone is 14. The molecule has 0 aromatic rings. The highest BCUT2D eigenvalue weighted by Crippen LogP contribution is 2.43. The van der Waals surface area contributed by atoms with Gasteiger partial charge < -0.3 is 29.7 Å². The number of aliphatic hydroxyl groups is 3. The summed E-state index contributed by atoms with van der Waals surface area (Å²) in [6.45, 7) is 1.98. The molecule has 0 saturated heterocycles. The number of carbonyl (C=O) groups is 2. The summed E-state index contributed by atoms with van der Waals surface area (Å²) in [5, 5.41) is 28.1. The van der Waals surface area contributed by atoms with Gasteiger partial charge in [0.1, 0.15) is 12.7 Å². The molecule has 0 aliphatic rings. The number of phosphoric acid groups is 1. The van der Waals surface area contributed by atoms with Gasteiger partial charge in [-0.2, -0.15) is 0 Å². The van der Waals surface area contributed by atoms with E-state index in [4.69, 9.17) is 19.1 Å². The summed E-state index contributed by atoms with van der Waals surface area (Å²) in [6, 6.07) is 0. The lowest BCUT2D eigenvalue weighted by molar-refractivity contribution is -0.161. The van der Waals surface area contributed by atoms with Crippen LogP contribution in [0.5, 0.6) is 0 Å². The first-order valence-corrected chi connectivity index (χ1v) is 22.8. The molecule has 0 heterocycles. The Balaban J connectivity index is 4.50. The number of aliphatic hydroxyl groups excluding tert-OH is 3.